The van der Waals surface area contributed by atoms with Crippen molar-refractivity contribution in [2.45, 2.75) is 0 Å². The van der Waals surface area contributed by atoms with Crippen LogP contribution in [0.1, 0.15) is 0 Å². The van der Waals surface area contributed by atoms with E-state index in [0.29, 0.717) is 11.7 Å². The van der Waals surface area contributed by atoms with Gasteiger partial charge in [0, 0.05) is 0 Å². The summed E-state index contributed by atoms with van der Waals surface area (Å²) in [5.74, 6) is 1.35. The number of carbonyl (C=O) groups excluding carboxylic acids is 1. The quantitative estimate of drug-likeness (QED) is 0.346. The first-order valence-electron chi connectivity index (χ1n) is 5.18. The predicted octanol–water partition coefficient (Wildman–Crippen LogP) is -0.980. The second-order valence-electron chi connectivity index (χ2n) is 4.55. The van der Waals surface area contributed by atoms with E-state index in [9.17, 15) is 4.79 Å². The van der Waals surface area contributed by atoms with Crippen molar-refractivity contribution < 1.29 is 13.9 Å². The Morgan fingerprint density at radius 2 is 1.00 bits per heavy atom. The number of nitrogens with zero attached hydrogens (tertiary/aromatic N) is 4. The standard InChI is InChI=1S/C11H24N4O/c1-12(2)10(13(3)4)9(16)11(14(5)6)15(7)8/h1-8H3/q+2. The number of ketones is 1. The molecule has 0 aromatic heterocycles. The third-order valence-electron chi connectivity index (χ3n) is 2.10. The molecule has 0 aromatic carbocycles. The Balaban J connectivity index is 5.51. The van der Waals surface area contributed by atoms with Gasteiger partial charge in [-0.15, -0.1) is 0 Å². The van der Waals surface area contributed by atoms with E-state index in [-0.39, 0.29) is 5.78 Å². The third kappa shape index (κ3) is 3.32. The van der Waals surface area contributed by atoms with Crippen LogP contribution in [-0.2, 0) is 4.79 Å². The van der Waals surface area contributed by atoms with Gasteiger partial charge in [0.15, 0.2) is 0 Å². The molecule has 0 aliphatic heterocycles. The first kappa shape index (κ1) is 14.6. The molecule has 0 fully saturated rings. The Morgan fingerprint density at radius 1 is 0.750 bits per heavy atom. The van der Waals surface area contributed by atoms with Crippen LogP contribution in [0.4, 0.5) is 0 Å². The number of rotatable bonds is 2. The summed E-state index contributed by atoms with van der Waals surface area (Å²) >= 11 is 0. The molecular formula is C11H24N4O+2. The van der Waals surface area contributed by atoms with E-state index >= 15 is 0 Å². The van der Waals surface area contributed by atoms with Crippen LogP contribution in [0.15, 0.2) is 0 Å². The van der Waals surface area contributed by atoms with Crippen LogP contribution in [0.2, 0.25) is 0 Å². The van der Waals surface area contributed by atoms with Crippen molar-refractivity contribution in [2.75, 3.05) is 56.4 Å². The Morgan fingerprint density at radius 3 is 1.12 bits per heavy atom. The highest BCUT2D eigenvalue weighted by atomic mass is 16.1. The second-order valence-corrected chi connectivity index (χ2v) is 4.55. The maximum absolute atomic E-state index is 12.4. The monoisotopic (exact) mass is 228 g/mol. The van der Waals surface area contributed by atoms with E-state index in [2.05, 4.69) is 0 Å². The number of carbonyl (C=O) groups is 1. The minimum Gasteiger partial charge on any atom is -0.271 e. The van der Waals surface area contributed by atoms with E-state index in [0.717, 1.165) is 0 Å². The molecule has 0 bridgehead atoms. The van der Waals surface area contributed by atoms with Gasteiger partial charge in [-0.2, -0.15) is 0 Å². The van der Waals surface area contributed by atoms with Crippen LogP contribution < -0.4 is 0 Å². The molecule has 5 nitrogen and oxygen atoms in total. The summed E-state index contributed by atoms with van der Waals surface area (Å²) < 4.78 is 3.66. The zero-order valence-electron chi connectivity index (χ0n) is 11.7. The van der Waals surface area contributed by atoms with E-state index in [4.69, 9.17) is 0 Å². The van der Waals surface area contributed by atoms with Crippen molar-refractivity contribution in [3.63, 3.8) is 0 Å². The fourth-order valence-corrected chi connectivity index (χ4v) is 1.71. The SMILES string of the molecule is CN(C)C(C(=O)C(N(C)C)=[N+](C)C)=[N+](C)C. The molecule has 0 saturated heterocycles. The first-order valence-corrected chi connectivity index (χ1v) is 5.18. The zero-order valence-corrected chi connectivity index (χ0v) is 11.7. The molecule has 0 spiro atoms. The molecule has 0 aliphatic rings. The van der Waals surface area contributed by atoms with Gasteiger partial charge in [0.1, 0.15) is 0 Å². The Labute approximate surface area is 98.3 Å². The van der Waals surface area contributed by atoms with Gasteiger partial charge < -0.3 is 0 Å². The molecular weight excluding hydrogens is 204 g/mol. The molecule has 0 aliphatic carbocycles. The molecule has 16 heavy (non-hydrogen) atoms. The van der Waals surface area contributed by atoms with Crippen molar-refractivity contribution in [2.24, 2.45) is 0 Å². The molecule has 0 N–H and O–H groups in total. The van der Waals surface area contributed by atoms with Crippen molar-refractivity contribution in [1.29, 1.82) is 0 Å². The molecule has 0 saturated carbocycles. The molecule has 0 rings (SSSR count). The van der Waals surface area contributed by atoms with E-state index < -0.39 is 0 Å². The summed E-state index contributed by atoms with van der Waals surface area (Å²) in [6.07, 6.45) is 0. The predicted molar refractivity (Wildman–Crippen MR) is 66.6 cm³/mol. The molecule has 92 valence electrons. The summed E-state index contributed by atoms with van der Waals surface area (Å²) in [6.45, 7) is 0. The average molecular weight is 228 g/mol. The zero-order chi connectivity index (χ0) is 13.0. The van der Waals surface area contributed by atoms with Crippen molar-refractivity contribution >= 4 is 17.5 Å². The Hall–Kier alpha value is -1.39. The van der Waals surface area contributed by atoms with Crippen LogP contribution in [0.3, 0.4) is 0 Å². The summed E-state index contributed by atoms with van der Waals surface area (Å²) in [4.78, 5) is 16.0. The summed E-state index contributed by atoms with van der Waals surface area (Å²) in [7, 11) is 15.0. The maximum Gasteiger partial charge on any atom is 0.354 e. The first-order chi connectivity index (χ1) is 7.20. The summed E-state index contributed by atoms with van der Waals surface area (Å²) in [5.41, 5.74) is 0. The molecule has 0 radical (unpaired) electrons. The van der Waals surface area contributed by atoms with Gasteiger partial charge in [-0.05, 0) is 0 Å². The molecule has 0 atom stereocenters. The number of hydrogen-bond donors (Lipinski definition) is 0. The Bertz CT molecular complexity index is 300. The number of Topliss-reactive ketones (excluding diaryl/α,β-unsaturated/α-hetero) is 1. The highest BCUT2D eigenvalue weighted by Crippen LogP contribution is 1.92. The van der Waals surface area contributed by atoms with Gasteiger partial charge in [-0.3, -0.25) is 23.7 Å². The Kier molecular flexibility index (Phi) is 5.14. The van der Waals surface area contributed by atoms with E-state index in [1.54, 1.807) is 0 Å². The molecule has 0 amide bonds. The van der Waals surface area contributed by atoms with Crippen LogP contribution in [-0.4, -0.2) is 92.8 Å². The highest BCUT2D eigenvalue weighted by molar-refractivity contribution is 6.63. The summed E-state index contributed by atoms with van der Waals surface area (Å²) in [5, 5.41) is 0. The van der Waals surface area contributed by atoms with Crippen molar-refractivity contribution in [3.05, 3.63) is 0 Å². The highest BCUT2D eigenvalue weighted by Gasteiger charge is 2.34. The summed E-state index contributed by atoms with van der Waals surface area (Å²) in [6, 6.07) is 0. The largest absolute Gasteiger partial charge is 0.354 e. The van der Waals surface area contributed by atoms with Crippen molar-refractivity contribution in [1.82, 2.24) is 9.80 Å². The second kappa shape index (κ2) is 5.63. The molecule has 0 aromatic rings. The van der Waals surface area contributed by atoms with Gasteiger partial charge >= 0.3 is 17.5 Å². The topological polar surface area (TPSA) is 29.6 Å². The van der Waals surface area contributed by atoms with Crippen molar-refractivity contribution in [3.8, 4) is 0 Å². The fraction of sp³-hybridized carbons (Fsp3) is 0.727. The fourth-order valence-electron chi connectivity index (χ4n) is 1.71. The lowest BCUT2D eigenvalue weighted by atomic mass is 10.2. The number of hydrogen-bond acceptors (Lipinski definition) is 1. The van der Waals surface area contributed by atoms with E-state index in [1.807, 2.05) is 75.3 Å². The minimum atomic E-state index is 0.0185. The lowest BCUT2D eigenvalue weighted by Crippen LogP contribution is -2.47. The van der Waals surface area contributed by atoms with Crippen LogP contribution in [0, 0.1) is 0 Å². The number of likely N-dealkylation sites (N-methyl/N-ethyl adjacent to an activating group) is 2. The average Bonchev–Trinajstić information content (AvgIpc) is 1.99. The van der Waals surface area contributed by atoms with Crippen LogP contribution >= 0.6 is 0 Å². The van der Waals surface area contributed by atoms with Gasteiger partial charge in [-0.1, -0.05) is 0 Å². The normalized spacial score (nSPS) is 9.50. The molecule has 0 heterocycles. The molecule has 0 unspecified atom stereocenters. The van der Waals surface area contributed by atoms with Gasteiger partial charge in [0.2, 0.25) is 0 Å². The van der Waals surface area contributed by atoms with Gasteiger partial charge in [-0.25, -0.2) is 0 Å². The minimum absolute atomic E-state index is 0.0185. The lowest BCUT2D eigenvalue weighted by molar-refractivity contribution is -0.472. The lowest BCUT2D eigenvalue weighted by Gasteiger charge is -2.13. The van der Waals surface area contributed by atoms with Gasteiger partial charge in [0.05, 0.1) is 56.4 Å². The molecule has 5 heteroatoms. The smallest absolute Gasteiger partial charge is 0.271 e. The maximum atomic E-state index is 12.4. The van der Waals surface area contributed by atoms with Crippen LogP contribution in [0.5, 0.6) is 0 Å². The van der Waals surface area contributed by atoms with Crippen LogP contribution in [0.25, 0.3) is 0 Å². The van der Waals surface area contributed by atoms with Gasteiger partial charge in [0.25, 0.3) is 0 Å². The third-order valence-corrected chi connectivity index (χ3v) is 2.10. The number of amidine groups is 2. The van der Waals surface area contributed by atoms with E-state index in [1.165, 1.54) is 0 Å².